The molecule has 0 aromatic rings. The summed E-state index contributed by atoms with van der Waals surface area (Å²) in [5.74, 6) is 1.47. The first kappa shape index (κ1) is 11.1. The topological polar surface area (TPSA) is 26.3 Å². The van der Waals surface area contributed by atoms with Gasteiger partial charge in [0.05, 0.1) is 0 Å². The zero-order valence-corrected chi connectivity index (χ0v) is 9.92. The molecule has 1 aliphatic carbocycles. The molecule has 0 aromatic carbocycles. The Morgan fingerprint density at radius 3 is 2.47 bits per heavy atom. The van der Waals surface area contributed by atoms with Crippen LogP contribution in [0.2, 0.25) is 0 Å². The van der Waals surface area contributed by atoms with Gasteiger partial charge in [-0.15, -0.1) is 0 Å². The average Bonchev–Trinajstić information content (AvgIpc) is 2.67. The van der Waals surface area contributed by atoms with Crippen LogP contribution in [0.3, 0.4) is 0 Å². The van der Waals surface area contributed by atoms with E-state index in [2.05, 4.69) is 6.92 Å². The van der Waals surface area contributed by atoms with E-state index < -0.39 is 5.60 Å². The first-order valence-electron chi connectivity index (χ1n) is 6.30. The largest absolute Gasteiger partial charge is 0.367 e. The minimum atomic E-state index is -0.439. The molecule has 2 heteroatoms. The molecular formula is C13H22O2. The van der Waals surface area contributed by atoms with Crippen LogP contribution < -0.4 is 0 Å². The fourth-order valence-corrected chi connectivity index (χ4v) is 2.93. The third-order valence-corrected chi connectivity index (χ3v) is 4.13. The standard InChI is InChI=1S/C13H22O2/c1-10-4-6-11(7-5-10)12(14)13(2)8-3-9-15-13/h10-11H,3-9H2,1-2H3. The number of rotatable bonds is 2. The number of carbonyl (C=O) groups excluding carboxylic acids is 1. The van der Waals surface area contributed by atoms with Crippen molar-refractivity contribution in [1.29, 1.82) is 0 Å². The zero-order valence-electron chi connectivity index (χ0n) is 9.92. The van der Waals surface area contributed by atoms with Gasteiger partial charge in [0.15, 0.2) is 5.78 Å². The molecule has 0 radical (unpaired) electrons. The van der Waals surface area contributed by atoms with Crippen LogP contribution in [0.5, 0.6) is 0 Å². The van der Waals surface area contributed by atoms with Crippen molar-refractivity contribution in [3.8, 4) is 0 Å². The number of carbonyl (C=O) groups is 1. The van der Waals surface area contributed by atoms with E-state index in [0.29, 0.717) is 5.78 Å². The van der Waals surface area contributed by atoms with Crippen molar-refractivity contribution >= 4 is 5.78 Å². The quantitative estimate of drug-likeness (QED) is 0.700. The van der Waals surface area contributed by atoms with Gasteiger partial charge in [0.2, 0.25) is 0 Å². The molecule has 0 amide bonds. The highest BCUT2D eigenvalue weighted by molar-refractivity contribution is 5.89. The van der Waals surface area contributed by atoms with Crippen LogP contribution in [-0.2, 0) is 9.53 Å². The van der Waals surface area contributed by atoms with Crippen molar-refractivity contribution in [1.82, 2.24) is 0 Å². The molecule has 0 N–H and O–H groups in total. The summed E-state index contributed by atoms with van der Waals surface area (Å²) in [5.41, 5.74) is -0.439. The number of hydrogen-bond acceptors (Lipinski definition) is 2. The Balaban J connectivity index is 1.95. The van der Waals surface area contributed by atoms with Crippen molar-refractivity contribution < 1.29 is 9.53 Å². The van der Waals surface area contributed by atoms with Crippen molar-refractivity contribution in [2.24, 2.45) is 11.8 Å². The molecule has 1 unspecified atom stereocenters. The van der Waals surface area contributed by atoms with Crippen molar-refractivity contribution in [3.63, 3.8) is 0 Å². The van der Waals surface area contributed by atoms with E-state index in [-0.39, 0.29) is 5.92 Å². The van der Waals surface area contributed by atoms with E-state index in [4.69, 9.17) is 4.74 Å². The Labute approximate surface area is 92.4 Å². The van der Waals surface area contributed by atoms with Crippen molar-refractivity contribution in [2.45, 2.75) is 58.0 Å². The molecule has 86 valence electrons. The van der Waals surface area contributed by atoms with Gasteiger partial charge in [-0.2, -0.15) is 0 Å². The molecule has 2 aliphatic rings. The van der Waals surface area contributed by atoms with Gasteiger partial charge in [0.25, 0.3) is 0 Å². The highest BCUT2D eigenvalue weighted by Gasteiger charge is 2.41. The lowest BCUT2D eigenvalue weighted by atomic mass is 9.76. The first-order chi connectivity index (χ1) is 7.12. The van der Waals surface area contributed by atoms with E-state index in [1.807, 2.05) is 6.92 Å². The maximum atomic E-state index is 12.3. The van der Waals surface area contributed by atoms with Gasteiger partial charge in [0.1, 0.15) is 5.60 Å². The van der Waals surface area contributed by atoms with Gasteiger partial charge in [-0.05, 0) is 38.5 Å². The normalized spacial score (nSPS) is 41.7. The summed E-state index contributed by atoms with van der Waals surface area (Å²) < 4.78 is 5.63. The van der Waals surface area contributed by atoms with Crippen LogP contribution in [-0.4, -0.2) is 18.0 Å². The molecule has 1 atom stereocenters. The van der Waals surface area contributed by atoms with Crippen molar-refractivity contribution in [2.75, 3.05) is 6.61 Å². The predicted octanol–water partition coefficient (Wildman–Crippen LogP) is 2.95. The van der Waals surface area contributed by atoms with Gasteiger partial charge in [-0.1, -0.05) is 19.8 Å². The molecule has 2 nitrogen and oxygen atoms in total. The highest BCUT2D eigenvalue weighted by Crippen LogP contribution is 2.35. The molecule has 2 rings (SSSR count). The van der Waals surface area contributed by atoms with Gasteiger partial charge < -0.3 is 4.74 Å². The second-order valence-electron chi connectivity index (χ2n) is 5.50. The summed E-state index contributed by atoms with van der Waals surface area (Å²) >= 11 is 0. The molecule has 0 bridgehead atoms. The third kappa shape index (κ3) is 2.25. The minimum absolute atomic E-state index is 0.282. The van der Waals surface area contributed by atoms with E-state index in [1.54, 1.807) is 0 Å². The van der Waals surface area contributed by atoms with Gasteiger partial charge in [-0.3, -0.25) is 4.79 Å². The second kappa shape index (κ2) is 4.25. The van der Waals surface area contributed by atoms with Crippen LogP contribution in [0, 0.1) is 11.8 Å². The molecule has 1 saturated heterocycles. The van der Waals surface area contributed by atoms with E-state index in [9.17, 15) is 4.79 Å². The Hall–Kier alpha value is -0.370. The molecule has 0 aromatic heterocycles. The maximum Gasteiger partial charge on any atom is 0.167 e. The highest BCUT2D eigenvalue weighted by atomic mass is 16.5. The monoisotopic (exact) mass is 210 g/mol. The average molecular weight is 210 g/mol. The number of ketones is 1. The number of Topliss-reactive ketones (excluding diaryl/α,β-unsaturated/α-hetero) is 1. The van der Waals surface area contributed by atoms with Crippen LogP contribution >= 0.6 is 0 Å². The van der Waals surface area contributed by atoms with Gasteiger partial charge in [-0.25, -0.2) is 0 Å². The summed E-state index contributed by atoms with van der Waals surface area (Å²) in [6.45, 7) is 5.04. The molecule has 1 heterocycles. The summed E-state index contributed by atoms with van der Waals surface area (Å²) in [5, 5.41) is 0. The fourth-order valence-electron chi connectivity index (χ4n) is 2.93. The first-order valence-corrected chi connectivity index (χ1v) is 6.30. The lowest BCUT2D eigenvalue weighted by Crippen LogP contribution is -2.40. The van der Waals surface area contributed by atoms with E-state index in [1.165, 1.54) is 12.8 Å². The lowest BCUT2D eigenvalue weighted by molar-refractivity contribution is -0.142. The van der Waals surface area contributed by atoms with Crippen LogP contribution in [0.1, 0.15) is 52.4 Å². The molecular weight excluding hydrogens is 188 g/mol. The summed E-state index contributed by atoms with van der Waals surface area (Å²) in [6, 6.07) is 0. The Bertz CT molecular complexity index is 233. The Morgan fingerprint density at radius 1 is 1.27 bits per heavy atom. The SMILES string of the molecule is CC1CCC(C(=O)C2(C)CCCO2)CC1. The number of ether oxygens (including phenoxy) is 1. The molecule has 0 spiro atoms. The molecule has 15 heavy (non-hydrogen) atoms. The molecule has 2 fully saturated rings. The summed E-state index contributed by atoms with van der Waals surface area (Å²) in [6.07, 6.45) is 6.57. The van der Waals surface area contributed by atoms with Crippen LogP contribution in [0.15, 0.2) is 0 Å². The van der Waals surface area contributed by atoms with Crippen LogP contribution in [0.25, 0.3) is 0 Å². The van der Waals surface area contributed by atoms with Gasteiger partial charge >= 0.3 is 0 Å². The minimum Gasteiger partial charge on any atom is -0.367 e. The Kier molecular flexibility index (Phi) is 3.15. The molecule has 1 saturated carbocycles. The predicted molar refractivity (Wildman–Crippen MR) is 59.7 cm³/mol. The lowest BCUT2D eigenvalue weighted by Gasteiger charge is -2.31. The smallest absolute Gasteiger partial charge is 0.167 e. The second-order valence-corrected chi connectivity index (χ2v) is 5.50. The summed E-state index contributed by atoms with van der Waals surface area (Å²) in [7, 11) is 0. The van der Waals surface area contributed by atoms with E-state index in [0.717, 1.165) is 38.2 Å². The maximum absolute atomic E-state index is 12.3. The third-order valence-electron chi connectivity index (χ3n) is 4.13. The van der Waals surface area contributed by atoms with Gasteiger partial charge in [0, 0.05) is 12.5 Å². The fraction of sp³-hybridized carbons (Fsp3) is 0.923. The molecule has 1 aliphatic heterocycles. The Morgan fingerprint density at radius 2 is 1.93 bits per heavy atom. The zero-order chi connectivity index (χ0) is 10.9. The van der Waals surface area contributed by atoms with Crippen LogP contribution in [0.4, 0.5) is 0 Å². The van der Waals surface area contributed by atoms with E-state index >= 15 is 0 Å². The summed E-state index contributed by atoms with van der Waals surface area (Å²) in [4.78, 5) is 12.3. The number of hydrogen-bond donors (Lipinski definition) is 0. The van der Waals surface area contributed by atoms with Crippen molar-refractivity contribution in [3.05, 3.63) is 0 Å².